The van der Waals surface area contributed by atoms with Gasteiger partial charge in [0.25, 0.3) is 0 Å². The quantitative estimate of drug-likeness (QED) is 0.887. The topological polar surface area (TPSA) is 68.4 Å². The van der Waals surface area contributed by atoms with Gasteiger partial charge in [0.2, 0.25) is 5.75 Å². The molecule has 0 radical (unpaired) electrons. The fourth-order valence-corrected chi connectivity index (χ4v) is 2.76. The van der Waals surface area contributed by atoms with Crippen LogP contribution in [-0.2, 0) is 13.6 Å². The van der Waals surface area contributed by atoms with Gasteiger partial charge in [0.1, 0.15) is 11.8 Å². The minimum Gasteiger partial charge on any atom is -0.493 e. The lowest BCUT2D eigenvalue weighted by molar-refractivity contribution is 0.327. The highest BCUT2D eigenvalue weighted by Crippen LogP contribution is 2.46. The predicted molar refractivity (Wildman–Crippen MR) is 89.3 cm³/mol. The Hall–Kier alpha value is -2.39. The number of fused-ring (bicyclic) bond motifs is 1. The molecule has 0 atom stereocenters. The molecule has 1 aromatic carbocycles. The third-order valence-corrected chi connectivity index (χ3v) is 3.89. The van der Waals surface area contributed by atoms with Crippen molar-refractivity contribution in [3.63, 3.8) is 0 Å². The Morgan fingerprint density at radius 1 is 1.17 bits per heavy atom. The maximum atomic E-state index is 9.58. The number of methoxy groups -OCH3 is 3. The summed E-state index contributed by atoms with van der Waals surface area (Å²) < 4.78 is 18.3. The number of hydrogen-bond acceptors (Lipinski definition) is 5. The van der Waals surface area contributed by atoms with Crippen molar-refractivity contribution < 1.29 is 14.2 Å². The number of ether oxygens (including phenoxy) is 3. The SMILES string of the molecule is COc1cc2c(c(CNC(C)C)c(C#N)n2C)c(OC)c1OC. The van der Waals surface area contributed by atoms with E-state index in [4.69, 9.17) is 14.2 Å². The molecule has 0 saturated carbocycles. The molecule has 1 heterocycles. The molecule has 0 spiro atoms. The van der Waals surface area contributed by atoms with Crippen LogP contribution in [0.2, 0.25) is 0 Å². The van der Waals surface area contributed by atoms with Crippen molar-refractivity contribution in [1.82, 2.24) is 9.88 Å². The number of hydrogen-bond donors (Lipinski definition) is 1. The standard InChI is InChI=1S/C17H23N3O3/c1-10(2)19-9-11-13(8-18)20(3)12-7-14(21-4)16(22-5)17(23-6)15(11)12/h7,10,19H,9H2,1-6H3. The van der Waals surface area contributed by atoms with Crippen molar-refractivity contribution in [1.29, 1.82) is 5.26 Å². The second kappa shape index (κ2) is 6.80. The molecular formula is C17H23N3O3. The number of benzene rings is 1. The lowest BCUT2D eigenvalue weighted by atomic mass is 10.1. The number of aromatic nitrogens is 1. The number of nitriles is 1. The van der Waals surface area contributed by atoms with E-state index in [-0.39, 0.29) is 0 Å². The maximum absolute atomic E-state index is 9.58. The molecule has 0 aliphatic heterocycles. The van der Waals surface area contributed by atoms with Crippen LogP contribution in [0.15, 0.2) is 6.07 Å². The first-order valence-corrected chi connectivity index (χ1v) is 7.43. The van der Waals surface area contributed by atoms with Gasteiger partial charge in [-0.1, -0.05) is 13.8 Å². The molecule has 0 amide bonds. The summed E-state index contributed by atoms with van der Waals surface area (Å²) in [6, 6.07) is 4.47. The van der Waals surface area contributed by atoms with Crippen LogP contribution >= 0.6 is 0 Å². The zero-order valence-corrected chi connectivity index (χ0v) is 14.5. The fourth-order valence-electron chi connectivity index (χ4n) is 2.76. The van der Waals surface area contributed by atoms with Gasteiger partial charge in [0.05, 0.1) is 32.2 Å². The van der Waals surface area contributed by atoms with Crippen LogP contribution in [0.4, 0.5) is 0 Å². The summed E-state index contributed by atoms with van der Waals surface area (Å²) in [6.07, 6.45) is 0. The van der Waals surface area contributed by atoms with Crippen LogP contribution in [0.1, 0.15) is 25.1 Å². The maximum Gasteiger partial charge on any atom is 0.204 e. The Balaban J connectivity index is 2.85. The summed E-state index contributed by atoms with van der Waals surface area (Å²) in [6.45, 7) is 4.71. The van der Waals surface area contributed by atoms with Crippen LogP contribution in [0.3, 0.4) is 0 Å². The highest BCUT2D eigenvalue weighted by atomic mass is 16.5. The first-order chi connectivity index (χ1) is 11.0. The lowest BCUT2D eigenvalue weighted by Gasteiger charge is -2.15. The van der Waals surface area contributed by atoms with Crippen LogP contribution in [0.25, 0.3) is 10.9 Å². The average Bonchev–Trinajstić information content (AvgIpc) is 2.82. The molecule has 0 aliphatic rings. The van der Waals surface area contributed by atoms with Gasteiger partial charge in [0.15, 0.2) is 11.5 Å². The molecule has 0 bridgehead atoms. The van der Waals surface area contributed by atoms with Crippen molar-refractivity contribution in [2.75, 3.05) is 21.3 Å². The average molecular weight is 317 g/mol. The minimum absolute atomic E-state index is 0.308. The van der Waals surface area contributed by atoms with Gasteiger partial charge in [0, 0.05) is 31.3 Å². The monoisotopic (exact) mass is 317 g/mol. The highest BCUT2D eigenvalue weighted by Gasteiger charge is 2.24. The van der Waals surface area contributed by atoms with E-state index >= 15 is 0 Å². The first kappa shape index (κ1) is 17.0. The molecule has 124 valence electrons. The van der Waals surface area contributed by atoms with Crippen LogP contribution in [-0.4, -0.2) is 31.9 Å². The van der Waals surface area contributed by atoms with Gasteiger partial charge in [-0.15, -0.1) is 0 Å². The van der Waals surface area contributed by atoms with Crippen molar-refractivity contribution in [3.8, 4) is 23.3 Å². The number of rotatable bonds is 6. The van der Waals surface area contributed by atoms with Gasteiger partial charge in [-0.05, 0) is 0 Å². The second-order valence-electron chi connectivity index (χ2n) is 5.57. The molecule has 0 aliphatic carbocycles. The van der Waals surface area contributed by atoms with Crippen LogP contribution in [0, 0.1) is 11.3 Å². The van der Waals surface area contributed by atoms with E-state index in [1.807, 2.05) is 17.7 Å². The van der Waals surface area contributed by atoms with E-state index in [2.05, 4.69) is 25.2 Å². The summed E-state index contributed by atoms with van der Waals surface area (Å²) in [5.41, 5.74) is 2.37. The normalized spacial score (nSPS) is 10.9. The zero-order valence-electron chi connectivity index (χ0n) is 14.5. The molecule has 1 N–H and O–H groups in total. The van der Waals surface area contributed by atoms with E-state index in [1.165, 1.54) is 0 Å². The van der Waals surface area contributed by atoms with Crippen LogP contribution < -0.4 is 19.5 Å². The van der Waals surface area contributed by atoms with Crippen molar-refractivity contribution in [2.45, 2.75) is 26.4 Å². The Bertz CT molecular complexity index is 757. The number of aryl methyl sites for hydroxylation is 1. The Morgan fingerprint density at radius 3 is 2.30 bits per heavy atom. The van der Waals surface area contributed by atoms with E-state index < -0.39 is 0 Å². The zero-order chi connectivity index (χ0) is 17.1. The summed E-state index contributed by atoms with van der Waals surface area (Å²) in [5.74, 6) is 1.69. The Kier molecular flexibility index (Phi) is 5.02. The molecule has 0 unspecified atom stereocenters. The summed E-state index contributed by atoms with van der Waals surface area (Å²) >= 11 is 0. The van der Waals surface area contributed by atoms with Gasteiger partial charge in [-0.3, -0.25) is 0 Å². The Morgan fingerprint density at radius 2 is 1.83 bits per heavy atom. The smallest absolute Gasteiger partial charge is 0.204 e. The summed E-state index contributed by atoms with van der Waals surface area (Å²) in [7, 11) is 6.62. The molecule has 0 saturated heterocycles. The van der Waals surface area contributed by atoms with Crippen molar-refractivity contribution in [2.24, 2.45) is 7.05 Å². The summed E-state index contributed by atoms with van der Waals surface area (Å²) in [4.78, 5) is 0. The highest BCUT2D eigenvalue weighted by molar-refractivity contribution is 5.96. The van der Waals surface area contributed by atoms with E-state index in [0.717, 1.165) is 16.5 Å². The third kappa shape index (κ3) is 2.80. The van der Waals surface area contributed by atoms with Gasteiger partial charge < -0.3 is 24.1 Å². The van der Waals surface area contributed by atoms with E-state index in [0.29, 0.717) is 35.5 Å². The van der Waals surface area contributed by atoms with E-state index in [1.54, 1.807) is 21.3 Å². The van der Waals surface area contributed by atoms with Gasteiger partial charge in [-0.25, -0.2) is 0 Å². The predicted octanol–water partition coefficient (Wildman–Crippen LogP) is 2.57. The molecule has 6 heteroatoms. The first-order valence-electron chi connectivity index (χ1n) is 7.43. The second-order valence-corrected chi connectivity index (χ2v) is 5.57. The molecule has 0 fully saturated rings. The Labute approximate surface area is 136 Å². The molecule has 6 nitrogen and oxygen atoms in total. The van der Waals surface area contributed by atoms with Gasteiger partial charge in [-0.2, -0.15) is 5.26 Å². The molecule has 2 rings (SSSR count). The minimum atomic E-state index is 0.308. The van der Waals surface area contributed by atoms with Crippen molar-refractivity contribution in [3.05, 3.63) is 17.3 Å². The summed E-state index contributed by atoms with van der Waals surface area (Å²) in [5, 5.41) is 13.8. The van der Waals surface area contributed by atoms with Crippen molar-refractivity contribution >= 4 is 10.9 Å². The van der Waals surface area contributed by atoms with Gasteiger partial charge >= 0.3 is 0 Å². The number of nitrogens with zero attached hydrogens (tertiary/aromatic N) is 2. The number of nitrogens with one attached hydrogen (secondary N) is 1. The molecule has 23 heavy (non-hydrogen) atoms. The largest absolute Gasteiger partial charge is 0.493 e. The van der Waals surface area contributed by atoms with Crippen LogP contribution in [0.5, 0.6) is 17.2 Å². The lowest BCUT2D eigenvalue weighted by Crippen LogP contribution is -2.22. The third-order valence-electron chi connectivity index (χ3n) is 3.89. The fraction of sp³-hybridized carbons (Fsp3) is 0.471. The molecular weight excluding hydrogens is 294 g/mol. The van der Waals surface area contributed by atoms with E-state index in [9.17, 15) is 5.26 Å². The molecule has 1 aromatic heterocycles. The molecule has 2 aromatic rings.